The number of non-ortho nitro benzene ring substituents is 1. The lowest BCUT2D eigenvalue weighted by atomic mass is 9.79. The Hall–Kier alpha value is -4.50. The summed E-state index contributed by atoms with van der Waals surface area (Å²) in [5.74, 6) is -1.87. The summed E-state index contributed by atoms with van der Waals surface area (Å²) in [7, 11) is 5.11. The summed E-state index contributed by atoms with van der Waals surface area (Å²) in [5.41, 5.74) is 0.348. The van der Waals surface area contributed by atoms with Crippen LogP contribution >= 0.6 is 0 Å². The van der Waals surface area contributed by atoms with Gasteiger partial charge in [-0.15, -0.1) is 0 Å². The lowest BCUT2D eigenvalue weighted by Gasteiger charge is -2.33. The number of dihydropyridines is 1. The van der Waals surface area contributed by atoms with Crippen LogP contribution in [0.4, 0.5) is 5.69 Å². The first-order valence-electron chi connectivity index (χ1n) is 14.6. The number of nitro benzene ring substituents is 1. The van der Waals surface area contributed by atoms with Crippen LogP contribution in [0, 0.1) is 10.1 Å². The molecule has 0 saturated heterocycles. The number of carbonyl (C=O) groups is 2. The number of esters is 2. The van der Waals surface area contributed by atoms with E-state index in [0.29, 0.717) is 37.4 Å². The number of nitrogens with one attached hydrogen (secondary N) is 2. The number of benzene rings is 2. The minimum Gasteiger partial charge on any atom is -0.493 e. The highest BCUT2D eigenvalue weighted by Gasteiger charge is 2.42. The van der Waals surface area contributed by atoms with E-state index in [0.717, 1.165) is 0 Å². The van der Waals surface area contributed by atoms with Gasteiger partial charge in [-0.25, -0.2) is 9.59 Å². The summed E-state index contributed by atoms with van der Waals surface area (Å²) >= 11 is 0. The summed E-state index contributed by atoms with van der Waals surface area (Å²) in [4.78, 5) is 37.7. The number of hydrogen-bond donors (Lipinski definition) is 3. The van der Waals surface area contributed by atoms with Crippen LogP contribution in [0.3, 0.4) is 0 Å². The quantitative estimate of drug-likeness (QED) is 0.0711. The van der Waals surface area contributed by atoms with Crippen molar-refractivity contribution in [1.82, 2.24) is 10.6 Å². The molecule has 0 saturated carbocycles. The Morgan fingerprint density at radius 1 is 0.978 bits per heavy atom. The van der Waals surface area contributed by atoms with Gasteiger partial charge in [0.15, 0.2) is 6.29 Å². The Labute approximate surface area is 267 Å². The van der Waals surface area contributed by atoms with E-state index in [1.807, 2.05) is 30.3 Å². The van der Waals surface area contributed by atoms with Crippen molar-refractivity contribution in [3.8, 4) is 11.5 Å². The maximum atomic E-state index is 13.3. The minimum atomic E-state index is -1.19. The summed E-state index contributed by atoms with van der Waals surface area (Å²) in [6, 6.07) is 13.2. The molecule has 0 amide bonds. The van der Waals surface area contributed by atoms with Gasteiger partial charge in [0.2, 0.25) is 0 Å². The number of aliphatic hydroxyl groups is 1. The van der Waals surface area contributed by atoms with Crippen LogP contribution in [0.1, 0.15) is 31.2 Å². The number of carbonyl (C=O) groups excluding carboxylic acids is 2. The summed E-state index contributed by atoms with van der Waals surface area (Å²) in [6.45, 7) is 2.91. The fourth-order valence-electron chi connectivity index (χ4n) is 4.98. The number of para-hydroxylation sites is 1. The second-order valence-corrected chi connectivity index (χ2v) is 10.2. The van der Waals surface area contributed by atoms with E-state index >= 15 is 0 Å². The molecule has 0 aromatic heterocycles. The molecule has 0 fully saturated rings. The van der Waals surface area contributed by atoms with E-state index < -0.39 is 35.2 Å². The highest BCUT2D eigenvalue weighted by molar-refractivity contribution is 6.00. The summed E-state index contributed by atoms with van der Waals surface area (Å²) < 4.78 is 32.6. The van der Waals surface area contributed by atoms with Crippen LogP contribution in [-0.4, -0.2) is 89.1 Å². The number of allylic oxidation sites excluding steroid dienone is 1. The van der Waals surface area contributed by atoms with Gasteiger partial charge in [-0.1, -0.05) is 18.2 Å². The second kappa shape index (κ2) is 17.8. The smallest absolute Gasteiger partial charge is 0.336 e. The van der Waals surface area contributed by atoms with Crippen molar-refractivity contribution in [2.75, 3.05) is 54.7 Å². The van der Waals surface area contributed by atoms with Gasteiger partial charge in [0, 0.05) is 44.2 Å². The Bertz CT molecular complexity index is 1410. The summed E-state index contributed by atoms with van der Waals surface area (Å²) in [6.07, 6.45) is -0.479. The highest BCUT2D eigenvalue weighted by Crippen LogP contribution is 2.44. The Balaban J connectivity index is 1.80. The number of rotatable bonds is 18. The average molecular weight is 644 g/mol. The van der Waals surface area contributed by atoms with E-state index in [-0.39, 0.29) is 47.1 Å². The maximum Gasteiger partial charge on any atom is 0.336 e. The molecule has 0 spiro atoms. The molecular formula is C32H41N3O11. The van der Waals surface area contributed by atoms with Gasteiger partial charge >= 0.3 is 11.9 Å². The van der Waals surface area contributed by atoms with Gasteiger partial charge in [-0.05, 0) is 44.5 Å². The van der Waals surface area contributed by atoms with E-state index in [4.69, 9.17) is 28.4 Å². The Morgan fingerprint density at radius 3 is 2.28 bits per heavy atom. The number of nitrogens with zero attached hydrogens (tertiary/aromatic N) is 1. The first-order chi connectivity index (χ1) is 22.2. The maximum absolute atomic E-state index is 13.3. The van der Waals surface area contributed by atoms with Gasteiger partial charge in [0.1, 0.15) is 24.2 Å². The molecule has 46 heavy (non-hydrogen) atoms. The fraction of sp³-hybridized carbons (Fsp3) is 0.438. The normalized spacial score (nSPS) is 15.3. The van der Waals surface area contributed by atoms with Crippen molar-refractivity contribution >= 4 is 17.6 Å². The predicted molar refractivity (Wildman–Crippen MR) is 166 cm³/mol. The molecule has 0 aliphatic carbocycles. The van der Waals surface area contributed by atoms with Crippen molar-refractivity contribution in [2.45, 2.75) is 38.1 Å². The molecule has 1 heterocycles. The third kappa shape index (κ3) is 9.26. The topological polar surface area (TPSA) is 177 Å². The monoisotopic (exact) mass is 643 g/mol. The molecule has 2 atom stereocenters. The Kier molecular flexibility index (Phi) is 14.0. The van der Waals surface area contributed by atoms with Crippen molar-refractivity contribution in [3.63, 3.8) is 0 Å². The molecular weight excluding hydrogens is 602 g/mol. The number of hydrogen-bond acceptors (Lipinski definition) is 13. The molecule has 250 valence electrons. The molecule has 2 unspecified atom stereocenters. The molecule has 2 aromatic carbocycles. The summed E-state index contributed by atoms with van der Waals surface area (Å²) in [5, 5.41) is 28.2. The van der Waals surface area contributed by atoms with Crippen LogP contribution in [-0.2, 0) is 28.5 Å². The largest absolute Gasteiger partial charge is 0.493 e. The molecule has 0 bridgehead atoms. The zero-order valence-corrected chi connectivity index (χ0v) is 26.6. The van der Waals surface area contributed by atoms with Crippen molar-refractivity contribution in [1.29, 1.82) is 0 Å². The van der Waals surface area contributed by atoms with Crippen molar-refractivity contribution in [3.05, 3.63) is 86.7 Å². The van der Waals surface area contributed by atoms with Crippen LogP contribution in [0.2, 0.25) is 0 Å². The van der Waals surface area contributed by atoms with Gasteiger partial charge in [0.25, 0.3) is 5.69 Å². The second-order valence-electron chi connectivity index (χ2n) is 10.2. The number of ether oxygens (including phenoxy) is 6. The van der Waals surface area contributed by atoms with Gasteiger partial charge < -0.3 is 44.2 Å². The van der Waals surface area contributed by atoms with Crippen molar-refractivity contribution < 1.29 is 48.0 Å². The number of nitro groups is 1. The van der Waals surface area contributed by atoms with E-state index in [9.17, 15) is 24.8 Å². The van der Waals surface area contributed by atoms with Gasteiger partial charge in [0.05, 0.1) is 48.5 Å². The number of aliphatic hydroxyl groups excluding tert-OH is 1. The lowest BCUT2D eigenvalue weighted by Crippen LogP contribution is -2.38. The molecule has 1 aliphatic rings. The number of unbranched alkanes of at least 4 members (excludes halogenated alkanes) is 1. The van der Waals surface area contributed by atoms with Crippen molar-refractivity contribution in [2.24, 2.45) is 0 Å². The Morgan fingerprint density at radius 2 is 1.65 bits per heavy atom. The molecule has 0 radical (unpaired) electrons. The first-order valence-corrected chi connectivity index (χ1v) is 14.6. The van der Waals surface area contributed by atoms with E-state index in [1.54, 1.807) is 6.92 Å². The molecule has 2 aromatic rings. The first kappa shape index (κ1) is 36.0. The number of methoxy groups -OCH3 is 4. The van der Waals surface area contributed by atoms with Gasteiger partial charge in [-0.2, -0.15) is 0 Å². The SMILES string of the molecule is COC(=O)C1=C(C)NC(C(OC)OC)=C(C(=O)OC)C1c1cc([N+](=O)[O-])ccc1OCCCCNCC(O)COc1ccccc1. The molecule has 1 aliphatic heterocycles. The molecule has 3 rings (SSSR count). The molecule has 14 nitrogen and oxygen atoms in total. The zero-order valence-electron chi connectivity index (χ0n) is 26.6. The zero-order chi connectivity index (χ0) is 33.6. The fourth-order valence-corrected chi connectivity index (χ4v) is 4.98. The van der Waals surface area contributed by atoms with Gasteiger partial charge in [-0.3, -0.25) is 10.1 Å². The highest BCUT2D eigenvalue weighted by atomic mass is 16.7. The molecule has 3 N–H and O–H groups in total. The van der Waals surface area contributed by atoms with E-state index in [1.165, 1.54) is 46.6 Å². The third-order valence-corrected chi connectivity index (χ3v) is 7.15. The van der Waals surface area contributed by atoms with E-state index in [2.05, 4.69) is 10.6 Å². The van der Waals surface area contributed by atoms with Crippen LogP contribution in [0.15, 0.2) is 71.1 Å². The van der Waals surface area contributed by atoms with Crippen LogP contribution < -0.4 is 20.1 Å². The molecule has 14 heteroatoms. The van der Waals surface area contributed by atoms with Crippen LogP contribution in [0.5, 0.6) is 11.5 Å². The minimum absolute atomic E-state index is 0.0296. The predicted octanol–water partition coefficient (Wildman–Crippen LogP) is 2.96. The third-order valence-electron chi connectivity index (χ3n) is 7.15. The lowest BCUT2D eigenvalue weighted by molar-refractivity contribution is -0.384. The van der Waals surface area contributed by atoms with Crippen LogP contribution in [0.25, 0.3) is 0 Å². The average Bonchev–Trinajstić information content (AvgIpc) is 3.06. The standard InChI is InChI=1S/C32H41N3O11/c1-20-26(30(37)41-2)27(28(31(38)42-3)29(34-20)32(43-4)44-5)24-17-21(35(39)40)13-14-25(24)45-16-10-9-15-33-18-22(36)19-46-23-11-7-6-8-12-23/h6-8,11-14,17,22,27,32-34,36H,9-10,15-16,18-19H2,1-5H3.